The first kappa shape index (κ1) is 10.7. The van der Waals surface area contributed by atoms with E-state index < -0.39 is 0 Å². The molecule has 1 nitrogen and oxygen atoms in total. The summed E-state index contributed by atoms with van der Waals surface area (Å²) in [5.41, 5.74) is 1.31. The fraction of sp³-hybridized carbons (Fsp3) is 0.100. The molecule has 3 heteroatoms. The summed E-state index contributed by atoms with van der Waals surface area (Å²) in [6.07, 6.45) is 3.72. The number of pyridine rings is 1. The van der Waals surface area contributed by atoms with Gasteiger partial charge in [-0.1, -0.05) is 34.1 Å². The van der Waals surface area contributed by atoms with Gasteiger partial charge in [-0.05, 0) is 17.0 Å². The van der Waals surface area contributed by atoms with Gasteiger partial charge in [-0.25, -0.2) is 0 Å². The summed E-state index contributed by atoms with van der Waals surface area (Å²) in [6, 6.07) is 8.30. The SMILES string of the molecule is Br.BrCc1cccc2cnccc12. The predicted octanol–water partition coefficient (Wildman–Crippen LogP) is 3.71. The zero-order valence-electron chi connectivity index (χ0n) is 6.90. The number of fused-ring (bicyclic) bond motifs is 1. The highest BCUT2D eigenvalue weighted by atomic mass is 79.9. The Morgan fingerprint density at radius 1 is 1.23 bits per heavy atom. The molecule has 68 valence electrons. The van der Waals surface area contributed by atoms with E-state index in [9.17, 15) is 0 Å². The van der Waals surface area contributed by atoms with E-state index in [4.69, 9.17) is 0 Å². The highest BCUT2D eigenvalue weighted by molar-refractivity contribution is 9.08. The van der Waals surface area contributed by atoms with Gasteiger partial charge >= 0.3 is 0 Å². The van der Waals surface area contributed by atoms with Crippen LogP contribution in [0.25, 0.3) is 10.8 Å². The number of hydrogen-bond acceptors (Lipinski definition) is 1. The quantitative estimate of drug-likeness (QED) is 0.732. The summed E-state index contributed by atoms with van der Waals surface area (Å²) in [6.45, 7) is 0. The van der Waals surface area contributed by atoms with Crippen LogP contribution >= 0.6 is 32.9 Å². The highest BCUT2D eigenvalue weighted by Crippen LogP contribution is 2.19. The number of benzene rings is 1. The molecule has 0 amide bonds. The van der Waals surface area contributed by atoms with Gasteiger partial charge in [-0.2, -0.15) is 0 Å². The van der Waals surface area contributed by atoms with Crippen molar-refractivity contribution in [3.63, 3.8) is 0 Å². The Hall–Kier alpha value is -0.410. The summed E-state index contributed by atoms with van der Waals surface area (Å²) in [5.74, 6) is 0. The second kappa shape index (κ2) is 4.72. The number of hydrogen-bond donors (Lipinski definition) is 0. The molecule has 0 atom stereocenters. The van der Waals surface area contributed by atoms with Crippen LogP contribution in [0.15, 0.2) is 36.7 Å². The van der Waals surface area contributed by atoms with Crippen molar-refractivity contribution in [1.29, 1.82) is 0 Å². The van der Waals surface area contributed by atoms with Crippen molar-refractivity contribution in [2.75, 3.05) is 0 Å². The molecule has 13 heavy (non-hydrogen) atoms. The molecule has 0 saturated heterocycles. The number of nitrogens with zero attached hydrogens (tertiary/aromatic N) is 1. The number of alkyl halides is 1. The summed E-state index contributed by atoms with van der Waals surface area (Å²) in [5, 5.41) is 3.38. The fourth-order valence-electron chi connectivity index (χ4n) is 1.31. The summed E-state index contributed by atoms with van der Waals surface area (Å²) in [7, 11) is 0. The van der Waals surface area contributed by atoms with Gasteiger partial charge in [0.15, 0.2) is 0 Å². The molecule has 0 N–H and O–H groups in total. The summed E-state index contributed by atoms with van der Waals surface area (Å²) < 4.78 is 0. The molecule has 0 radical (unpaired) electrons. The van der Waals surface area contributed by atoms with Crippen molar-refractivity contribution in [3.8, 4) is 0 Å². The molecule has 2 rings (SSSR count). The molecular weight excluding hydrogens is 294 g/mol. The normalized spacial score (nSPS) is 9.62. The van der Waals surface area contributed by atoms with E-state index in [0.717, 1.165) is 5.33 Å². The van der Waals surface area contributed by atoms with E-state index in [1.165, 1.54) is 16.3 Å². The zero-order chi connectivity index (χ0) is 8.39. The summed E-state index contributed by atoms with van der Waals surface area (Å²) >= 11 is 3.46. The van der Waals surface area contributed by atoms with Gasteiger partial charge < -0.3 is 0 Å². The van der Waals surface area contributed by atoms with Crippen LogP contribution in [-0.4, -0.2) is 4.98 Å². The number of halogens is 2. The van der Waals surface area contributed by atoms with E-state index in [0.29, 0.717) is 0 Å². The molecule has 0 saturated carbocycles. The van der Waals surface area contributed by atoms with Gasteiger partial charge in [0, 0.05) is 23.1 Å². The summed E-state index contributed by atoms with van der Waals surface area (Å²) in [4.78, 5) is 4.07. The van der Waals surface area contributed by atoms with Crippen LogP contribution in [0, 0.1) is 0 Å². The smallest absolute Gasteiger partial charge is 0.0346 e. The Balaban J connectivity index is 0.000000845. The lowest BCUT2D eigenvalue weighted by molar-refractivity contribution is 1.35. The lowest BCUT2D eigenvalue weighted by Crippen LogP contribution is -1.81. The van der Waals surface area contributed by atoms with Crippen LogP contribution in [0.3, 0.4) is 0 Å². The Kier molecular flexibility index (Phi) is 3.88. The molecule has 0 unspecified atom stereocenters. The molecule has 1 heterocycles. The maximum atomic E-state index is 4.07. The standard InChI is InChI=1S/C10H8BrN.BrH/c11-6-8-2-1-3-9-7-12-5-4-10(8)9;/h1-5,7H,6H2;1H. The van der Waals surface area contributed by atoms with Crippen LogP contribution in [0.1, 0.15) is 5.56 Å². The minimum atomic E-state index is 0. The molecule has 0 aliphatic rings. The van der Waals surface area contributed by atoms with Gasteiger partial charge in [-0.15, -0.1) is 17.0 Å². The molecule has 2 aromatic rings. The highest BCUT2D eigenvalue weighted by Gasteiger charge is 1.96. The lowest BCUT2D eigenvalue weighted by Gasteiger charge is -2.00. The Labute approximate surface area is 96.1 Å². The Bertz CT molecular complexity index is 396. The molecule has 0 fully saturated rings. The van der Waals surface area contributed by atoms with Gasteiger partial charge in [0.25, 0.3) is 0 Å². The maximum absolute atomic E-state index is 4.07. The van der Waals surface area contributed by atoms with E-state index in [-0.39, 0.29) is 17.0 Å². The third-order valence-electron chi connectivity index (χ3n) is 1.92. The third-order valence-corrected chi connectivity index (χ3v) is 2.52. The Morgan fingerprint density at radius 3 is 2.85 bits per heavy atom. The van der Waals surface area contributed by atoms with E-state index in [2.05, 4.69) is 39.1 Å². The fourth-order valence-corrected chi connectivity index (χ4v) is 1.80. The number of rotatable bonds is 1. The van der Waals surface area contributed by atoms with Crippen molar-refractivity contribution in [1.82, 2.24) is 4.98 Å². The molecule has 0 bridgehead atoms. The molecular formula is C10H9Br2N. The van der Waals surface area contributed by atoms with E-state index in [1.54, 1.807) is 0 Å². The minimum absolute atomic E-state index is 0. The predicted molar refractivity (Wildman–Crippen MR) is 64.7 cm³/mol. The van der Waals surface area contributed by atoms with Crippen molar-refractivity contribution in [2.24, 2.45) is 0 Å². The number of aromatic nitrogens is 1. The van der Waals surface area contributed by atoms with Crippen molar-refractivity contribution in [3.05, 3.63) is 42.2 Å². The first-order valence-corrected chi connectivity index (χ1v) is 4.91. The molecule has 1 aromatic heterocycles. The van der Waals surface area contributed by atoms with Crippen LogP contribution in [-0.2, 0) is 5.33 Å². The first-order valence-electron chi connectivity index (χ1n) is 3.79. The zero-order valence-corrected chi connectivity index (χ0v) is 10.2. The lowest BCUT2D eigenvalue weighted by atomic mass is 10.1. The first-order chi connectivity index (χ1) is 5.92. The van der Waals surface area contributed by atoms with Crippen LogP contribution in [0.5, 0.6) is 0 Å². The van der Waals surface area contributed by atoms with Crippen molar-refractivity contribution >= 4 is 43.7 Å². The second-order valence-electron chi connectivity index (χ2n) is 2.65. The molecule has 0 aliphatic heterocycles. The monoisotopic (exact) mass is 301 g/mol. The van der Waals surface area contributed by atoms with E-state index >= 15 is 0 Å². The van der Waals surface area contributed by atoms with Crippen molar-refractivity contribution < 1.29 is 0 Å². The minimum Gasteiger partial charge on any atom is -0.264 e. The van der Waals surface area contributed by atoms with E-state index in [1.807, 2.05) is 18.5 Å². The van der Waals surface area contributed by atoms with Gasteiger partial charge in [-0.3, -0.25) is 4.98 Å². The maximum Gasteiger partial charge on any atom is 0.0346 e. The largest absolute Gasteiger partial charge is 0.264 e. The van der Waals surface area contributed by atoms with Crippen molar-refractivity contribution in [2.45, 2.75) is 5.33 Å². The molecule has 1 aromatic carbocycles. The van der Waals surface area contributed by atoms with Crippen LogP contribution in [0.4, 0.5) is 0 Å². The van der Waals surface area contributed by atoms with Gasteiger partial charge in [0.1, 0.15) is 0 Å². The van der Waals surface area contributed by atoms with Crippen LogP contribution in [0.2, 0.25) is 0 Å². The van der Waals surface area contributed by atoms with Gasteiger partial charge in [0.2, 0.25) is 0 Å². The van der Waals surface area contributed by atoms with Crippen LogP contribution < -0.4 is 0 Å². The molecule has 0 spiro atoms. The average Bonchev–Trinajstić information content (AvgIpc) is 2.17. The topological polar surface area (TPSA) is 12.9 Å². The Morgan fingerprint density at radius 2 is 2.08 bits per heavy atom. The average molecular weight is 303 g/mol. The molecule has 0 aliphatic carbocycles. The third kappa shape index (κ3) is 2.09. The second-order valence-corrected chi connectivity index (χ2v) is 3.21. The van der Waals surface area contributed by atoms with Gasteiger partial charge in [0.05, 0.1) is 0 Å².